The van der Waals surface area contributed by atoms with Crippen LogP contribution >= 0.6 is 23.2 Å². The second-order valence-corrected chi connectivity index (χ2v) is 6.11. The van der Waals surface area contributed by atoms with E-state index in [4.69, 9.17) is 23.2 Å². The van der Waals surface area contributed by atoms with E-state index in [2.05, 4.69) is 24.3 Å². The fraction of sp³-hybridized carbons (Fsp3) is 0.400. The number of nitrogens with zero attached hydrogens (tertiary/aromatic N) is 2. The van der Waals surface area contributed by atoms with Crippen LogP contribution in [-0.4, -0.2) is 16.3 Å². The molecule has 0 bridgehead atoms. The summed E-state index contributed by atoms with van der Waals surface area (Å²) in [6.45, 7) is 6.78. The number of halogens is 2. The van der Waals surface area contributed by atoms with Crippen LogP contribution in [-0.2, 0) is 13.1 Å². The van der Waals surface area contributed by atoms with Crippen LogP contribution < -0.4 is 5.32 Å². The van der Waals surface area contributed by atoms with Crippen LogP contribution in [0.1, 0.15) is 25.1 Å². The summed E-state index contributed by atoms with van der Waals surface area (Å²) in [5.74, 6) is 0.641. The van der Waals surface area contributed by atoms with Crippen molar-refractivity contribution in [3.63, 3.8) is 0 Å². The third-order valence-electron chi connectivity index (χ3n) is 2.89. The van der Waals surface area contributed by atoms with Gasteiger partial charge in [0.25, 0.3) is 0 Å². The lowest BCUT2D eigenvalue weighted by Crippen LogP contribution is -2.19. The van der Waals surface area contributed by atoms with E-state index in [0.717, 1.165) is 24.3 Å². The van der Waals surface area contributed by atoms with E-state index in [1.165, 1.54) is 0 Å². The number of hydrogen-bond acceptors (Lipinski definition) is 2. The zero-order chi connectivity index (χ0) is 14.5. The summed E-state index contributed by atoms with van der Waals surface area (Å²) >= 11 is 12.1. The Morgan fingerprint density at radius 1 is 1.25 bits per heavy atom. The molecule has 1 N–H and O–H groups in total. The fourth-order valence-corrected chi connectivity index (χ4v) is 2.29. The highest BCUT2D eigenvalue weighted by Gasteiger charge is 2.05. The summed E-state index contributed by atoms with van der Waals surface area (Å²) in [5.41, 5.74) is 2.01. The van der Waals surface area contributed by atoms with E-state index >= 15 is 0 Å². The molecule has 0 aliphatic carbocycles. The van der Waals surface area contributed by atoms with E-state index < -0.39 is 0 Å². The smallest absolute Gasteiger partial charge is 0.0762 e. The van der Waals surface area contributed by atoms with E-state index in [0.29, 0.717) is 22.5 Å². The minimum absolute atomic E-state index is 0.629. The van der Waals surface area contributed by atoms with E-state index in [9.17, 15) is 0 Å². The molecular weight excluding hydrogens is 293 g/mol. The Kier molecular flexibility index (Phi) is 5.46. The lowest BCUT2D eigenvalue weighted by Gasteiger charge is -2.06. The van der Waals surface area contributed by atoms with Crippen LogP contribution in [0.5, 0.6) is 0 Å². The van der Waals surface area contributed by atoms with Crippen molar-refractivity contribution >= 4 is 23.2 Å². The van der Waals surface area contributed by atoms with Gasteiger partial charge in [-0.25, -0.2) is 0 Å². The van der Waals surface area contributed by atoms with Gasteiger partial charge in [0.15, 0.2) is 0 Å². The molecule has 1 aromatic heterocycles. The number of aromatic nitrogens is 2. The second kappa shape index (κ2) is 7.11. The Morgan fingerprint density at radius 3 is 2.80 bits per heavy atom. The van der Waals surface area contributed by atoms with Crippen molar-refractivity contribution < 1.29 is 0 Å². The van der Waals surface area contributed by atoms with Gasteiger partial charge in [-0.15, -0.1) is 0 Å². The third kappa shape index (κ3) is 4.51. The molecule has 0 aliphatic heterocycles. The molecule has 108 valence electrons. The van der Waals surface area contributed by atoms with Crippen molar-refractivity contribution in [1.29, 1.82) is 0 Å². The number of rotatable bonds is 6. The molecule has 2 rings (SSSR count). The van der Waals surface area contributed by atoms with Crippen molar-refractivity contribution in [3.8, 4) is 0 Å². The van der Waals surface area contributed by atoms with Gasteiger partial charge in [0.2, 0.25) is 0 Å². The van der Waals surface area contributed by atoms with Crippen LogP contribution in [0.3, 0.4) is 0 Å². The van der Waals surface area contributed by atoms with Crippen molar-refractivity contribution in [3.05, 3.63) is 51.8 Å². The molecule has 0 saturated carbocycles. The van der Waals surface area contributed by atoms with Gasteiger partial charge in [-0.1, -0.05) is 37.0 Å². The van der Waals surface area contributed by atoms with Gasteiger partial charge in [0.05, 0.1) is 12.2 Å². The molecule has 3 nitrogen and oxygen atoms in total. The predicted octanol–water partition coefficient (Wildman–Crippen LogP) is 3.98. The molecule has 20 heavy (non-hydrogen) atoms. The van der Waals surface area contributed by atoms with Crippen LogP contribution in [0.25, 0.3) is 0 Å². The molecule has 0 amide bonds. The van der Waals surface area contributed by atoms with E-state index in [-0.39, 0.29) is 0 Å². The maximum Gasteiger partial charge on any atom is 0.0762 e. The molecule has 0 aliphatic rings. The summed E-state index contributed by atoms with van der Waals surface area (Å²) in [6, 6.07) is 7.50. The quantitative estimate of drug-likeness (QED) is 0.874. The number of nitrogens with one attached hydrogen (secondary N) is 1. The molecule has 0 atom stereocenters. The molecule has 0 spiro atoms. The first-order chi connectivity index (χ1) is 9.54. The molecule has 2 aromatic rings. The molecular formula is C15H19Cl2N3. The maximum absolute atomic E-state index is 6.16. The fourth-order valence-electron chi connectivity index (χ4n) is 1.91. The zero-order valence-corrected chi connectivity index (χ0v) is 13.2. The first-order valence-corrected chi connectivity index (χ1v) is 7.47. The SMILES string of the molecule is CC(C)CNCc1ccn(Cc2cc(Cl)ccc2Cl)n1. The molecule has 0 radical (unpaired) electrons. The van der Waals surface area contributed by atoms with Crippen molar-refractivity contribution in [1.82, 2.24) is 15.1 Å². The van der Waals surface area contributed by atoms with Gasteiger partial charge in [0, 0.05) is 22.8 Å². The topological polar surface area (TPSA) is 29.9 Å². The number of hydrogen-bond donors (Lipinski definition) is 1. The summed E-state index contributed by atoms with van der Waals surface area (Å²) < 4.78 is 1.88. The van der Waals surface area contributed by atoms with Gasteiger partial charge < -0.3 is 5.32 Å². The predicted molar refractivity (Wildman–Crippen MR) is 84.3 cm³/mol. The Bertz CT molecular complexity index is 564. The minimum Gasteiger partial charge on any atom is -0.311 e. The van der Waals surface area contributed by atoms with Gasteiger partial charge >= 0.3 is 0 Å². The van der Waals surface area contributed by atoms with Crippen LogP contribution in [0, 0.1) is 5.92 Å². The Labute approximate surface area is 129 Å². The standard InChI is InChI=1S/C15H19Cl2N3/c1-11(2)8-18-9-14-5-6-20(19-14)10-12-7-13(16)3-4-15(12)17/h3-7,11,18H,8-10H2,1-2H3. The van der Waals surface area contributed by atoms with Crippen molar-refractivity contribution in [2.24, 2.45) is 5.92 Å². The molecule has 0 unspecified atom stereocenters. The van der Waals surface area contributed by atoms with E-state index in [1.807, 2.05) is 29.1 Å². The largest absolute Gasteiger partial charge is 0.311 e. The summed E-state index contributed by atoms with van der Waals surface area (Å²) in [7, 11) is 0. The normalized spacial score (nSPS) is 11.2. The second-order valence-electron chi connectivity index (χ2n) is 5.27. The highest BCUT2D eigenvalue weighted by molar-refractivity contribution is 6.33. The lowest BCUT2D eigenvalue weighted by atomic mass is 10.2. The maximum atomic E-state index is 6.16. The third-order valence-corrected chi connectivity index (χ3v) is 3.50. The molecule has 0 fully saturated rings. The van der Waals surface area contributed by atoms with Gasteiger partial charge in [0.1, 0.15) is 0 Å². The Hall–Kier alpha value is -1.03. The molecule has 5 heteroatoms. The van der Waals surface area contributed by atoms with Crippen molar-refractivity contribution in [2.45, 2.75) is 26.9 Å². The van der Waals surface area contributed by atoms with Gasteiger partial charge in [-0.05, 0) is 42.3 Å². The summed E-state index contributed by atoms with van der Waals surface area (Å²) in [6.07, 6.45) is 1.96. The summed E-state index contributed by atoms with van der Waals surface area (Å²) in [5, 5.41) is 9.30. The average Bonchev–Trinajstić information content (AvgIpc) is 2.81. The van der Waals surface area contributed by atoms with Crippen LogP contribution in [0.2, 0.25) is 10.0 Å². The lowest BCUT2D eigenvalue weighted by molar-refractivity contribution is 0.543. The van der Waals surface area contributed by atoms with Gasteiger partial charge in [-0.2, -0.15) is 5.10 Å². The monoisotopic (exact) mass is 311 g/mol. The molecule has 1 heterocycles. The molecule has 1 aromatic carbocycles. The highest BCUT2D eigenvalue weighted by atomic mass is 35.5. The van der Waals surface area contributed by atoms with Crippen LogP contribution in [0.4, 0.5) is 0 Å². The first kappa shape index (κ1) is 15.4. The Balaban J connectivity index is 1.97. The Morgan fingerprint density at radius 2 is 2.05 bits per heavy atom. The zero-order valence-electron chi connectivity index (χ0n) is 11.7. The highest BCUT2D eigenvalue weighted by Crippen LogP contribution is 2.21. The van der Waals surface area contributed by atoms with Crippen LogP contribution in [0.15, 0.2) is 30.5 Å². The summed E-state index contributed by atoms with van der Waals surface area (Å²) in [4.78, 5) is 0. The minimum atomic E-state index is 0.629. The van der Waals surface area contributed by atoms with Crippen molar-refractivity contribution in [2.75, 3.05) is 6.54 Å². The average molecular weight is 312 g/mol. The molecule has 0 saturated heterocycles. The number of benzene rings is 1. The first-order valence-electron chi connectivity index (χ1n) is 6.71. The van der Waals surface area contributed by atoms with E-state index in [1.54, 1.807) is 6.07 Å². The van der Waals surface area contributed by atoms with Gasteiger partial charge in [-0.3, -0.25) is 4.68 Å².